The van der Waals surface area contributed by atoms with Gasteiger partial charge in [-0.25, -0.2) is 13.2 Å². The molecule has 1 amide bonds. The molecule has 1 aromatic carbocycles. The Hall–Kier alpha value is -2.17. The van der Waals surface area contributed by atoms with E-state index in [0.29, 0.717) is 25.0 Å². The smallest absolute Gasteiger partial charge is 0.408 e. The SMILES string of the molecule is CC(=O)N1CC[C@@]2(CO)CN(S(=O)(=O)c3ccc4c(c3)oc(=O)n4C)C[C@H]2C1. The van der Waals surface area contributed by atoms with Gasteiger partial charge in [-0.05, 0) is 24.5 Å². The van der Waals surface area contributed by atoms with Crippen molar-refractivity contribution in [1.82, 2.24) is 13.8 Å². The zero-order valence-electron chi connectivity index (χ0n) is 15.8. The molecular weight excluding hydrogens is 386 g/mol. The number of hydrogen-bond donors (Lipinski definition) is 1. The number of sulfonamides is 1. The minimum Gasteiger partial charge on any atom is -0.408 e. The fraction of sp³-hybridized carbons (Fsp3) is 0.556. The highest BCUT2D eigenvalue weighted by Crippen LogP contribution is 2.44. The number of hydrogen-bond acceptors (Lipinski definition) is 6. The predicted molar refractivity (Wildman–Crippen MR) is 100 cm³/mol. The molecule has 1 aromatic heterocycles. The summed E-state index contributed by atoms with van der Waals surface area (Å²) in [5.41, 5.74) is 0.190. The van der Waals surface area contributed by atoms with Crippen LogP contribution in [-0.2, 0) is 21.9 Å². The van der Waals surface area contributed by atoms with Crippen LogP contribution in [0.1, 0.15) is 13.3 Å². The van der Waals surface area contributed by atoms with Crippen molar-refractivity contribution in [2.24, 2.45) is 18.4 Å². The second-order valence-electron chi connectivity index (χ2n) is 7.79. The van der Waals surface area contributed by atoms with E-state index in [-0.39, 0.29) is 42.0 Å². The molecule has 28 heavy (non-hydrogen) atoms. The Bertz CT molecular complexity index is 1100. The molecular formula is C18H23N3O6S. The van der Waals surface area contributed by atoms with Gasteiger partial charge in [-0.15, -0.1) is 0 Å². The Morgan fingerprint density at radius 1 is 1.36 bits per heavy atom. The lowest BCUT2D eigenvalue weighted by Crippen LogP contribution is -2.50. The van der Waals surface area contributed by atoms with Crippen molar-refractivity contribution >= 4 is 27.0 Å². The van der Waals surface area contributed by atoms with Gasteiger partial charge in [0.2, 0.25) is 15.9 Å². The van der Waals surface area contributed by atoms with Gasteiger partial charge >= 0.3 is 5.76 Å². The van der Waals surface area contributed by atoms with E-state index in [2.05, 4.69) is 0 Å². The lowest BCUT2D eigenvalue weighted by atomic mass is 9.73. The number of aliphatic hydroxyl groups is 1. The summed E-state index contributed by atoms with van der Waals surface area (Å²) in [6, 6.07) is 4.37. The minimum atomic E-state index is -3.83. The van der Waals surface area contributed by atoms with Crippen LogP contribution in [0.15, 0.2) is 32.3 Å². The van der Waals surface area contributed by atoms with Crippen molar-refractivity contribution in [3.05, 3.63) is 28.7 Å². The van der Waals surface area contributed by atoms with E-state index in [1.807, 2.05) is 0 Å². The predicted octanol–water partition coefficient (Wildman–Crippen LogP) is -0.0171. The van der Waals surface area contributed by atoms with Crippen molar-refractivity contribution in [1.29, 1.82) is 0 Å². The number of likely N-dealkylation sites (tertiary alicyclic amines) is 1. The van der Waals surface area contributed by atoms with Crippen LogP contribution in [0.4, 0.5) is 0 Å². The number of rotatable bonds is 3. The van der Waals surface area contributed by atoms with E-state index >= 15 is 0 Å². The summed E-state index contributed by atoms with van der Waals surface area (Å²) in [5.74, 6) is -0.721. The number of aromatic nitrogens is 1. The molecule has 2 aliphatic rings. The number of carbonyl (C=O) groups excluding carboxylic acids is 1. The fourth-order valence-electron chi connectivity index (χ4n) is 4.38. The van der Waals surface area contributed by atoms with E-state index in [1.165, 1.54) is 27.9 Å². The molecule has 2 saturated heterocycles. The van der Waals surface area contributed by atoms with E-state index in [9.17, 15) is 23.1 Å². The molecule has 4 rings (SSSR count). The first-order valence-electron chi connectivity index (χ1n) is 9.14. The van der Waals surface area contributed by atoms with Gasteiger partial charge in [-0.2, -0.15) is 4.31 Å². The molecule has 0 radical (unpaired) electrons. The number of oxazole rings is 1. The van der Waals surface area contributed by atoms with Gasteiger partial charge in [-0.1, -0.05) is 0 Å². The standard InChI is InChI=1S/C18H23N3O6S/c1-12(23)20-6-5-18(11-22)10-21(9-13(18)8-20)28(25,26)14-3-4-15-16(7-14)27-17(24)19(15)2/h3-4,7,13,22H,5-6,8-11H2,1-2H3/t13-,18+/m1/s1. The summed E-state index contributed by atoms with van der Waals surface area (Å²) in [5, 5.41) is 10.0. The first kappa shape index (κ1) is 19.2. The first-order chi connectivity index (χ1) is 13.2. The molecule has 2 aromatic rings. The third kappa shape index (κ3) is 2.78. The zero-order valence-corrected chi connectivity index (χ0v) is 16.6. The Labute approximate surface area is 162 Å². The third-order valence-electron chi connectivity index (χ3n) is 6.26. The second-order valence-corrected chi connectivity index (χ2v) is 9.72. The van der Waals surface area contributed by atoms with Crippen LogP contribution in [0.3, 0.4) is 0 Å². The maximum atomic E-state index is 13.2. The van der Waals surface area contributed by atoms with Crippen LogP contribution in [0.25, 0.3) is 11.1 Å². The summed E-state index contributed by atoms with van der Waals surface area (Å²) < 4.78 is 34.2. The Balaban J connectivity index is 1.67. The molecule has 10 heteroatoms. The number of amides is 1. The van der Waals surface area contributed by atoms with Crippen molar-refractivity contribution < 1.29 is 22.7 Å². The van der Waals surface area contributed by atoms with Crippen LogP contribution in [0, 0.1) is 11.3 Å². The largest absolute Gasteiger partial charge is 0.419 e. The number of benzene rings is 1. The van der Waals surface area contributed by atoms with Gasteiger partial charge in [0.05, 0.1) is 17.0 Å². The number of fused-ring (bicyclic) bond motifs is 2. The third-order valence-corrected chi connectivity index (χ3v) is 8.07. The van der Waals surface area contributed by atoms with Gasteiger partial charge in [0.15, 0.2) is 5.58 Å². The minimum absolute atomic E-state index is 0.0441. The molecule has 2 fully saturated rings. The highest BCUT2D eigenvalue weighted by molar-refractivity contribution is 7.89. The lowest BCUT2D eigenvalue weighted by molar-refractivity contribution is -0.133. The fourth-order valence-corrected chi connectivity index (χ4v) is 5.98. The number of carbonyl (C=O) groups is 1. The van der Waals surface area contributed by atoms with Crippen molar-refractivity contribution in [2.45, 2.75) is 18.2 Å². The number of piperidine rings is 1. The van der Waals surface area contributed by atoms with E-state index < -0.39 is 21.2 Å². The van der Waals surface area contributed by atoms with Gasteiger partial charge in [0, 0.05) is 51.6 Å². The molecule has 0 bridgehead atoms. The molecule has 2 atom stereocenters. The Kier molecular flexibility index (Phi) is 4.40. The van der Waals surface area contributed by atoms with E-state index in [1.54, 1.807) is 18.0 Å². The Morgan fingerprint density at radius 3 is 2.79 bits per heavy atom. The quantitative estimate of drug-likeness (QED) is 0.763. The summed E-state index contributed by atoms with van der Waals surface area (Å²) in [7, 11) is -2.28. The lowest BCUT2D eigenvalue weighted by Gasteiger charge is -2.42. The number of nitrogens with zero attached hydrogens (tertiary/aromatic N) is 3. The molecule has 1 N–H and O–H groups in total. The second kappa shape index (κ2) is 6.43. The number of aryl methyl sites for hydroxylation is 1. The van der Waals surface area contributed by atoms with Crippen molar-refractivity contribution in [3.8, 4) is 0 Å². The molecule has 0 spiro atoms. The van der Waals surface area contributed by atoms with Crippen LogP contribution >= 0.6 is 0 Å². The van der Waals surface area contributed by atoms with E-state index in [4.69, 9.17) is 4.42 Å². The molecule has 9 nitrogen and oxygen atoms in total. The zero-order chi connectivity index (χ0) is 20.3. The molecule has 0 saturated carbocycles. The maximum Gasteiger partial charge on any atom is 0.419 e. The summed E-state index contributed by atoms with van der Waals surface area (Å²) in [6.07, 6.45) is 0.562. The van der Waals surface area contributed by atoms with Crippen LogP contribution in [0.5, 0.6) is 0 Å². The topological polar surface area (TPSA) is 113 Å². The molecule has 0 aliphatic carbocycles. The highest BCUT2D eigenvalue weighted by Gasteiger charge is 2.52. The van der Waals surface area contributed by atoms with E-state index in [0.717, 1.165) is 0 Å². The highest BCUT2D eigenvalue weighted by atomic mass is 32.2. The van der Waals surface area contributed by atoms with Crippen molar-refractivity contribution in [3.63, 3.8) is 0 Å². The van der Waals surface area contributed by atoms with Gasteiger partial charge in [0.25, 0.3) is 0 Å². The molecule has 3 heterocycles. The van der Waals surface area contributed by atoms with Crippen LogP contribution in [-0.4, -0.2) is 66.0 Å². The molecule has 152 valence electrons. The van der Waals surface area contributed by atoms with Gasteiger partial charge < -0.3 is 14.4 Å². The first-order valence-corrected chi connectivity index (χ1v) is 10.6. The maximum absolute atomic E-state index is 13.2. The molecule has 0 unspecified atom stereocenters. The normalized spacial score (nSPS) is 26.0. The van der Waals surface area contributed by atoms with Crippen LogP contribution < -0.4 is 5.76 Å². The summed E-state index contributed by atoms with van der Waals surface area (Å²) >= 11 is 0. The average molecular weight is 409 g/mol. The summed E-state index contributed by atoms with van der Waals surface area (Å²) in [4.78, 5) is 25.2. The summed E-state index contributed by atoms with van der Waals surface area (Å²) in [6.45, 7) is 2.78. The number of aliphatic hydroxyl groups excluding tert-OH is 1. The van der Waals surface area contributed by atoms with Gasteiger partial charge in [0.1, 0.15) is 0 Å². The van der Waals surface area contributed by atoms with Crippen molar-refractivity contribution in [2.75, 3.05) is 32.8 Å². The monoisotopic (exact) mass is 409 g/mol. The van der Waals surface area contributed by atoms with Crippen LogP contribution in [0.2, 0.25) is 0 Å². The van der Waals surface area contributed by atoms with Gasteiger partial charge in [-0.3, -0.25) is 9.36 Å². The molecule has 2 aliphatic heterocycles. The Morgan fingerprint density at radius 2 is 2.11 bits per heavy atom. The average Bonchev–Trinajstić information content (AvgIpc) is 3.19.